The van der Waals surface area contributed by atoms with E-state index in [0.29, 0.717) is 36.5 Å². The third-order valence-electron chi connectivity index (χ3n) is 6.80. The zero-order valence-corrected chi connectivity index (χ0v) is 29.3. The number of aromatic nitrogens is 2. The Bertz CT molecular complexity index is 1660. The molecule has 0 spiro atoms. The molecule has 0 bridgehead atoms. The smallest absolute Gasteiger partial charge is 0.410 e. The molecular weight excluding hydrogens is 726 g/mol. The maximum absolute atomic E-state index is 13.1. The summed E-state index contributed by atoms with van der Waals surface area (Å²) in [6.07, 6.45) is 2.39. The van der Waals surface area contributed by atoms with Crippen LogP contribution in [-0.2, 0) is 16.1 Å². The van der Waals surface area contributed by atoms with Crippen molar-refractivity contribution in [2.24, 2.45) is 5.73 Å². The second kappa shape index (κ2) is 15.7. The number of nitrogens with two attached hydrogens (primary N) is 1. The van der Waals surface area contributed by atoms with Gasteiger partial charge in [0.2, 0.25) is 11.8 Å². The second-order valence-corrected chi connectivity index (χ2v) is 13.9. The van der Waals surface area contributed by atoms with E-state index in [1.165, 1.54) is 4.90 Å². The van der Waals surface area contributed by atoms with Crippen LogP contribution in [-0.4, -0.2) is 57.6 Å². The molecule has 13 heteroatoms. The molecule has 4 aromatic rings. The van der Waals surface area contributed by atoms with Gasteiger partial charge in [0.25, 0.3) is 0 Å². The topological polar surface area (TPSA) is 132 Å². The van der Waals surface area contributed by atoms with E-state index in [0.717, 1.165) is 33.3 Å². The number of benzene rings is 3. The van der Waals surface area contributed by atoms with Crippen LogP contribution in [0.25, 0.3) is 22.0 Å². The molecule has 1 atom stereocenters. The number of halogens is 2. The van der Waals surface area contributed by atoms with Crippen LogP contribution in [0.15, 0.2) is 66.9 Å². The molecule has 0 saturated heterocycles. The Morgan fingerprint density at radius 1 is 1.09 bits per heavy atom. The third-order valence-corrected chi connectivity index (χ3v) is 9.00. The fraction of sp³-hybridized carbons (Fsp3) is 0.312. The molecule has 3 amide bonds. The molecule has 4 rings (SSSR count). The van der Waals surface area contributed by atoms with Crippen molar-refractivity contribution in [3.05, 3.63) is 83.0 Å². The van der Waals surface area contributed by atoms with Crippen LogP contribution in [0.4, 0.5) is 10.5 Å². The second-order valence-electron chi connectivity index (χ2n) is 11.4. The molecule has 45 heavy (non-hydrogen) atoms. The predicted octanol–water partition coefficient (Wildman–Crippen LogP) is 6.99. The van der Waals surface area contributed by atoms with Crippen molar-refractivity contribution in [1.29, 1.82) is 0 Å². The van der Waals surface area contributed by atoms with Crippen molar-refractivity contribution in [2.75, 3.05) is 25.0 Å². The van der Waals surface area contributed by atoms with E-state index in [1.807, 2.05) is 53.0 Å². The third kappa shape index (κ3) is 9.79. The molecule has 0 radical (unpaired) electrons. The number of anilines is 1. The number of hydrogen-bond acceptors (Lipinski definition) is 6. The van der Waals surface area contributed by atoms with Gasteiger partial charge >= 0.3 is 6.09 Å². The zero-order valence-electron chi connectivity index (χ0n) is 25.4. The molecule has 0 aliphatic heterocycles. The summed E-state index contributed by atoms with van der Waals surface area (Å²) < 4.78 is 7.45. The highest BCUT2D eigenvalue weighted by Crippen LogP contribution is 2.33. The maximum atomic E-state index is 13.1. The van der Waals surface area contributed by atoms with E-state index >= 15 is 0 Å². The van der Waals surface area contributed by atoms with E-state index < -0.39 is 17.6 Å². The van der Waals surface area contributed by atoms with Gasteiger partial charge in [-0.15, -0.1) is 0 Å². The van der Waals surface area contributed by atoms with Crippen molar-refractivity contribution in [2.45, 2.75) is 45.8 Å². The zero-order chi connectivity index (χ0) is 32.6. The SMILES string of the molecule is CC(C)(C)OC(=O)N(CCC(=O)NCCCNc1cc(C(N)=O)cc2c1cnn2PI)Cc1ccc(-c2ccccc2)c(Cl)c1. The molecule has 0 aliphatic rings. The van der Waals surface area contributed by atoms with Crippen LogP contribution in [0.3, 0.4) is 0 Å². The van der Waals surface area contributed by atoms with Crippen molar-refractivity contribution in [3.63, 3.8) is 0 Å². The first-order valence-electron chi connectivity index (χ1n) is 14.5. The van der Waals surface area contributed by atoms with Gasteiger partial charge in [0, 0.05) is 59.8 Å². The Morgan fingerprint density at radius 2 is 1.84 bits per heavy atom. The van der Waals surface area contributed by atoms with E-state index in [2.05, 4.69) is 37.8 Å². The highest BCUT2D eigenvalue weighted by atomic mass is 127. The number of fused-ring (bicyclic) bond motifs is 1. The van der Waals surface area contributed by atoms with E-state index in [9.17, 15) is 14.4 Å². The molecule has 238 valence electrons. The standard InChI is InChI=1S/C32H37ClIN6O4P/c1-32(2,3)44-31(43)39(20-21-10-11-24(26(33)16-21)22-8-5-4-6-9-22)15-12-29(41)37-14-7-13-36-27-17-23(30(35)42)18-28-25(27)19-38-40(28)45-34/h4-6,8-11,16-19,36,45H,7,12-15,20H2,1-3H3,(H2,35,42)(H,37,41). The van der Waals surface area contributed by atoms with Crippen molar-refractivity contribution >= 4 is 74.5 Å². The van der Waals surface area contributed by atoms with Gasteiger partial charge in [-0.25, -0.2) is 9.25 Å². The van der Waals surface area contributed by atoms with Gasteiger partial charge < -0.3 is 26.0 Å². The minimum absolute atomic E-state index is 0.111. The van der Waals surface area contributed by atoms with E-state index in [-0.39, 0.29) is 25.4 Å². The lowest BCUT2D eigenvalue weighted by Crippen LogP contribution is -2.39. The van der Waals surface area contributed by atoms with Gasteiger partial charge in [0.1, 0.15) is 5.60 Å². The summed E-state index contributed by atoms with van der Waals surface area (Å²) in [6, 6.07) is 19.0. The van der Waals surface area contributed by atoms with Crippen LogP contribution in [0.1, 0.15) is 49.5 Å². The Morgan fingerprint density at radius 3 is 2.51 bits per heavy atom. The van der Waals surface area contributed by atoms with E-state index in [1.54, 1.807) is 39.1 Å². The molecule has 0 aliphatic carbocycles. The summed E-state index contributed by atoms with van der Waals surface area (Å²) in [5.41, 5.74) is 9.59. The number of rotatable bonds is 13. The van der Waals surface area contributed by atoms with Gasteiger partial charge in [-0.05, 0) is 78.6 Å². The molecule has 1 unspecified atom stereocenters. The summed E-state index contributed by atoms with van der Waals surface area (Å²) in [7, 11) is 0. The van der Waals surface area contributed by atoms with Gasteiger partial charge in [-0.3, -0.25) is 9.59 Å². The summed E-state index contributed by atoms with van der Waals surface area (Å²) in [5, 5.41) is 12.1. The number of nitrogens with zero attached hydrogens (tertiary/aromatic N) is 3. The Labute approximate surface area is 282 Å². The number of carbonyl (C=O) groups is 3. The lowest BCUT2D eigenvalue weighted by molar-refractivity contribution is -0.121. The number of carbonyl (C=O) groups excluding carboxylic acids is 3. The molecule has 4 N–H and O–H groups in total. The van der Waals surface area contributed by atoms with Crippen LogP contribution in [0.5, 0.6) is 0 Å². The minimum Gasteiger partial charge on any atom is -0.444 e. The largest absolute Gasteiger partial charge is 0.444 e. The summed E-state index contributed by atoms with van der Waals surface area (Å²) >= 11 is 8.84. The number of nitrogens with one attached hydrogen (secondary N) is 2. The van der Waals surface area contributed by atoms with Gasteiger partial charge in [0.15, 0.2) is 0 Å². The van der Waals surface area contributed by atoms with Crippen LogP contribution in [0.2, 0.25) is 5.02 Å². The normalized spacial score (nSPS) is 11.6. The lowest BCUT2D eigenvalue weighted by atomic mass is 10.0. The fourth-order valence-electron chi connectivity index (χ4n) is 4.64. The van der Waals surface area contributed by atoms with Crippen molar-refractivity contribution in [1.82, 2.24) is 19.8 Å². The Balaban J connectivity index is 1.31. The highest BCUT2D eigenvalue weighted by molar-refractivity contribution is 14.2. The first-order chi connectivity index (χ1) is 21.4. The van der Waals surface area contributed by atoms with Crippen molar-refractivity contribution in [3.8, 4) is 11.1 Å². The number of primary amides is 1. The molecular formula is C32H37ClIN6O4P. The minimum atomic E-state index is -0.683. The molecule has 0 fully saturated rings. The summed E-state index contributed by atoms with van der Waals surface area (Å²) in [5.74, 6) is -0.687. The van der Waals surface area contributed by atoms with Gasteiger partial charge in [-0.1, -0.05) is 54.1 Å². The number of hydrogen-bond donors (Lipinski definition) is 3. The first kappa shape index (κ1) is 34.5. The first-order valence-corrected chi connectivity index (χ1v) is 18.9. The number of ether oxygens (including phenoxy) is 1. The monoisotopic (exact) mass is 762 g/mol. The maximum Gasteiger partial charge on any atom is 0.410 e. The molecule has 10 nitrogen and oxygen atoms in total. The Kier molecular flexibility index (Phi) is 12.0. The average Bonchev–Trinajstić information content (AvgIpc) is 3.42. The molecule has 3 aromatic carbocycles. The lowest BCUT2D eigenvalue weighted by Gasteiger charge is -2.27. The molecule has 0 saturated carbocycles. The van der Waals surface area contributed by atoms with Crippen LogP contribution >= 0.6 is 40.0 Å². The predicted molar refractivity (Wildman–Crippen MR) is 190 cm³/mol. The molecule has 1 heterocycles. The van der Waals surface area contributed by atoms with Gasteiger partial charge in [0.05, 0.1) is 18.1 Å². The van der Waals surface area contributed by atoms with Gasteiger partial charge in [-0.2, -0.15) is 5.10 Å². The summed E-state index contributed by atoms with van der Waals surface area (Å²) in [6.45, 7) is 6.83. The molecule has 1 aromatic heterocycles. The van der Waals surface area contributed by atoms with E-state index in [4.69, 9.17) is 22.1 Å². The Hall–Kier alpha value is -3.41. The summed E-state index contributed by atoms with van der Waals surface area (Å²) in [4.78, 5) is 39.2. The fourth-order valence-corrected chi connectivity index (χ4v) is 6.48. The average molecular weight is 763 g/mol. The van der Waals surface area contributed by atoms with Crippen LogP contribution in [0, 0.1) is 0 Å². The highest BCUT2D eigenvalue weighted by Gasteiger charge is 2.23. The number of amides is 3. The van der Waals surface area contributed by atoms with Crippen molar-refractivity contribution < 1.29 is 19.1 Å². The quantitative estimate of drug-likeness (QED) is 0.0765. The van der Waals surface area contributed by atoms with Crippen LogP contribution < -0.4 is 16.4 Å².